The van der Waals surface area contributed by atoms with E-state index >= 15 is 0 Å². The van der Waals surface area contributed by atoms with Crippen LogP contribution in [0.1, 0.15) is 11.1 Å². The summed E-state index contributed by atoms with van der Waals surface area (Å²) in [6.45, 7) is 2.28. The van der Waals surface area contributed by atoms with Gasteiger partial charge in [-0.15, -0.1) is 0 Å². The third-order valence-corrected chi connectivity index (χ3v) is 3.28. The third-order valence-electron chi connectivity index (χ3n) is 3.28. The number of aliphatic carboxylic acids is 1. The van der Waals surface area contributed by atoms with Gasteiger partial charge in [-0.25, -0.2) is 9.59 Å². The fourth-order valence-corrected chi connectivity index (χ4v) is 2.06. The number of urea groups is 1. The number of nitriles is 1. The van der Waals surface area contributed by atoms with E-state index in [9.17, 15) is 9.59 Å². The van der Waals surface area contributed by atoms with Crippen LogP contribution in [0.4, 0.5) is 10.5 Å². The van der Waals surface area contributed by atoms with Crippen LogP contribution in [0.3, 0.4) is 0 Å². The van der Waals surface area contributed by atoms with Crippen LogP contribution in [-0.4, -0.2) is 47.8 Å². The molecule has 1 aliphatic rings. The molecule has 1 aliphatic heterocycles. The van der Waals surface area contributed by atoms with Gasteiger partial charge in [-0.1, -0.05) is 6.07 Å². The topological polar surface area (TPSA) is 103 Å². The number of hydrogen-bond acceptors (Lipinski definition) is 4. The van der Waals surface area contributed by atoms with E-state index in [1.54, 1.807) is 25.1 Å². The minimum atomic E-state index is -1.10. The minimum Gasteiger partial charge on any atom is -0.480 e. The molecule has 0 radical (unpaired) electrons. The molecule has 1 unspecified atom stereocenters. The minimum absolute atomic E-state index is 0.0278. The van der Waals surface area contributed by atoms with Crippen LogP contribution in [0.5, 0.6) is 0 Å². The van der Waals surface area contributed by atoms with Crippen molar-refractivity contribution in [2.75, 3.05) is 25.1 Å². The van der Waals surface area contributed by atoms with Crippen molar-refractivity contribution in [1.82, 2.24) is 4.90 Å². The number of carbonyl (C=O) groups excluding carboxylic acids is 1. The Balaban J connectivity index is 2.17. The number of carbonyl (C=O) groups is 2. The Morgan fingerprint density at radius 3 is 2.95 bits per heavy atom. The Morgan fingerprint density at radius 1 is 1.52 bits per heavy atom. The molecule has 1 atom stereocenters. The highest BCUT2D eigenvalue weighted by atomic mass is 16.5. The second kappa shape index (κ2) is 6.24. The predicted octanol–water partition coefficient (Wildman–Crippen LogP) is 1.18. The largest absolute Gasteiger partial charge is 0.480 e. The van der Waals surface area contributed by atoms with Crippen molar-refractivity contribution in [3.63, 3.8) is 0 Å². The highest BCUT2D eigenvalue weighted by Crippen LogP contribution is 2.18. The summed E-state index contributed by atoms with van der Waals surface area (Å²) in [5.41, 5.74) is 1.71. The molecule has 1 fully saturated rings. The van der Waals surface area contributed by atoms with Crippen molar-refractivity contribution in [2.24, 2.45) is 0 Å². The molecule has 1 heterocycles. The lowest BCUT2D eigenvalue weighted by atomic mass is 10.1. The molecule has 1 saturated heterocycles. The molecule has 110 valence electrons. The van der Waals surface area contributed by atoms with Crippen molar-refractivity contribution in [3.8, 4) is 6.07 Å². The Hall–Kier alpha value is -2.59. The molecular formula is C14H15N3O4. The first-order valence-electron chi connectivity index (χ1n) is 6.42. The number of hydrogen-bond donors (Lipinski definition) is 2. The number of benzene rings is 1. The number of ether oxygens (including phenoxy) is 1. The van der Waals surface area contributed by atoms with E-state index < -0.39 is 18.0 Å². The first kappa shape index (κ1) is 14.8. The summed E-state index contributed by atoms with van der Waals surface area (Å²) in [5, 5.41) is 20.7. The second-order valence-corrected chi connectivity index (χ2v) is 4.69. The van der Waals surface area contributed by atoms with E-state index in [1.165, 1.54) is 4.90 Å². The molecule has 0 spiro atoms. The molecule has 1 aromatic rings. The van der Waals surface area contributed by atoms with E-state index in [0.29, 0.717) is 17.9 Å². The summed E-state index contributed by atoms with van der Waals surface area (Å²) < 4.78 is 5.09. The number of anilines is 1. The fourth-order valence-electron chi connectivity index (χ4n) is 2.06. The van der Waals surface area contributed by atoms with Gasteiger partial charge in [0.15, 0.2) is 6.04 Å². The van der Waals surface area contributed by atoms with Crippen molar-refractivity contribution in [2.45, 2.75) is 13.0 Å². The standard InChI is InChI=1S/C14H15N3O4/c1-9-2-3-10(7-15)6-11(9)16-14(20)17-4-5-21-8-12(17)13(18)19/h2-3,6,12H,4-5,8H2,1H3,(H,16,20)(H,18,19). The molecule has 2 rings (SSSR count). The van der Waals surface area contributed by atoms with Gasteiger partial charge in [-0.05, 0) is 24.6 Å². The van der Waals surface area contributed by atoms with Gasteiger partial charge in [0.1, 0.15) is 0 Å². The molecule has 0 aliphatic carbocycles. The van der Waals surface area contributed by atoms with Crippen LogP contribution < -0.4 is 5.32 Å². The third kappa shape index (κ3) is 3.30. The average Bonchev–Trinajstić information content (AvgIpc) is 2.49. The maximum absolute atomic E-state index is 12.2. The van der Waals surface area contributed by atoms with Gasteiger partial charge in [-0.2, -0.15) is 5.26 Å². The summed E-state index contributed by atoms with van der Waals surface area (Å²) in [6, 6.07) is 5.42. The summed E-state index contributed by atoms with van der Waals surface area (Å²) in [4.78, 5) is 24.6. The molecule has 21 heavy (non-hydrogen) atoms. The first-order valence-corrected chi connectivity index (χ1v) is 6.42. The Morgan fingerprint density at radius 2 is 2.29 bits per heavy atom. The highest BCUT2D eigenvalue weighted by Gasteiger charge is 2.32. The smallest absolute Gasteiger partial charge is 0.328 e. The SMILES string of the molecule is Cc1ccc(C#N)cc1NC(=O)N1CCOCC1C(=O)O. The molecule has 1 aromatic carbocycles. The van der Waals surface area contributed by atoms with Gasteiger partial charge in [0.05, 0.1) is 24.8 Å². The molecule has 0 bridgehead atoms. The lowest BCUT2D eigenvalue weighted by molar-refractivity contribution is -0.147. The van der Waals surface area contributed by atoms with Gasteiger partial charge in [0.2, 0.25) is 0 Å². The molecular weight excluding hydrogens is 274 g/mol. The van der Waals surface area contributed by atoms with E-state index in [-0.39, 0.29) is 13.2 Å². The van der Waals surface area contributed by atoms with Crippen molar-refractivity contribution in [3.05, 3.63) is 29.3 Å². The quantitative estimate of drug-likeness (QED) is 0.851. The van der Waals surface area contributed by atoms with Gasteiger partial charge < -0.3 is 20.1 Å². The highest BCUT2D eigenvalue weighted by molar-refractivity contribution is 5.93. The summed E-state index contributed by atoms with van der Waals surface area (Å²) in [6.07, 6.45) is 0. The van der Waals surface area contributed by atoms with Crippen LogP contribution in [0.2, 0.25) is 0 Å². The summed E-state index contributed by atoms with van der Waals surface area (Å²) in [5.74, 6) is -1.10. The average molecular weight is 289 g/mol. The van der Waals surface area contributed by atoms with Crippen LogP contribution in [0, 0.1) is 18.3 Å². The molecule has 0 aromatic heterocycles. The van der Waals surface area contributed by atoms with Gasteiger partial charge in [-0.3, -0.25) is 0 Å². The van der Waals surface area contributed by atoms with E-state index in [4.69, 9.17) is 15.1 Å². The normalized spacial score (nSPS) is 17.9. The fraction of sp³-hybridized carbons (Fsp3) is 0.357. The lowest BCUT2D eigenvalue weighted by Crippen LogP contribution is -2.54. The van der Waals surface area contributed by atoms with Crippen LogP contribution in [0.15, 0.2) is 18.2 Å². The van der Waals surface area contributed by atoms with Crippen LogP contribution in [-0.2, 0) is 9.53 Å². The maximum atomic E-state index is 12.2. The van der Waals surface area contributed by atoms with E-state index in [2.05, 4.69) is 5.32 Å². The molecule has 7 heteroatoms. The van der Waals surface area contributed by atoms with Gasteiger partial charge in [0, 0.05) is 12.2 Å². The first-order chi connectivity index (χ1) is 10.0. The number of carboxylic acids is 1. The Bertz CT molecular complexity index is 609. The predicted molar refractivity (Wildman–Crippen MR) is 73.9 cm³/mol. The summed E-state index contributed by atoms with van der Waals surface area (Å²) >= 11 is 0. The number of rotatable bonds is 2. The number of aryl methyl sites for hydroxylation is 1. The number of morpholine rings is 1. The van der Waals surface area contributed by atoms with Crippen molar-refractivity contribution in [1.29, 1.82) is 5.26 Å². The Kier molecular flexibility index (Phi) is 4.40. The van der Waals surface area contributed by atoms with Crippen molar-refractivity contribution >= 4 is 17.7 Å². The summed E-state index contributed by atoms with van der Waals surface area (Å²) in [7, 11) is 0. The second-order valence-electron chi connectivity index (χ2n) is 4.69. The number of nitrogens with zero attached hydrogens (tertiary/aromatic N) is 2. The Labute approximate surface area is 121 Å². The number of amides is 2. The maximum Gasteiger partial charge on any atom is 0.328 e. The lowest BCUT2D eigenvalue weighted by Gasteiger charge is -2.32. The molecule has 0 saturated carbocycles. The van der Waals surface area contributed by atoms with Crippen LogP contribution >= 0.6 is 0 Å². The molecule has 2 amide bonds. The zero-order valence-electron chi connectivity index (χ0n) is 11.5. The van der Waals surface area contributed by atoms with Crippen LogP contribution in [0.25, 0.3) is 0 Å². The monoisotopic (exact) mass is 289 g/mol. The van der Waals surface area contributed by atoms with Gasteiger partial charge in [0.25, 0.3) is 0 Å². The van der Waals surface area contributed by atoms with E-state index in [1.807, 2.05) is 6.07 Å². The zero-order valence-corrected chi connectivity index (χ0v) is 11.5. The number of carboxylic acid groups (broad SMARTS) is 1. The molecule has 2 N–H and O–H groups in total. The number of nitrogens with one attached hydrogen (secondary N) is 1. The zero-order chi connectivity index (χ0) is 15.4. The van der Waals surface area contributed by atoms with Gasteiger partial charge >= 0.3 is 12.0 Å². The molecule has 7 nitrogen and oxygen atoms in total. The van der Waals surface area contributed by atoms with E-state index in [0.717, 1.165) is 5.56 Å². The van der Waals surface area contributed by atoms with Crippen molar-refractivity contribution < 1.29 is 19.4 Å².